The second kappa shape index (κ2) is 4.08. The first kappa shape index (κ1) is 10.9. The van der Waals surface area contributed by atoms with Crippen molar-refractivity contribution in [1.29, 1.82) is 0 Å². The van der Waals surface area contributed by atoms with Gasteiger partial charge < -0.3 is 5.11 Å². The van der Waals surface area contributed by atoms with Crippen LogP contribution in [-0.4, -0.2) is 16.9 Å². The van der Waals surface area contributed by atoms with Gasteiger partial charge in [0.25, 0.3) is 0 Å². The molecule has 1 N–H and O–H groups in total. The molecule has 0 aliphatic heterocycles. The number of ketones is 1. The summed E-state index contributed by atoms with van der Waals surface area (Å²) in [6.07, 6.45) is 2.40. The third-order valence-corrected chi connectivity index (χ3v) is 3.15. The number of fused-ring (bicyclic) bond motifs is 1. The van der Waals surface area contributed by atoms with Crippen molar-refractivity contribution < 1.29 is 14.7 Å². The van der Waals surface area contributed by atoms with Crippen molar-refractivity contribution in [1.82, 2.24) is 0 Å². The highest BCUT2D eigenvalue weighted by Crippen LogP contribution is 2.25. The van der Waals surface area contributed by atoms with Crippen LogP contribution in [0.25, 0.3) is 0 Å². The average Bonchev–Trinajstić information content (AvgIpc) is 2.28. The van der Waals surface area contributed by atoms with Crippen molar-refractivity contribution in [2.45, 2.75) is 32.1 Å². The average molecular weight is 218 g/mol. The summed E-state index contributed by atoms with van der Waals surface area (Å²) in [5.41, 5.74) is 2.48. The van der Waals surface area contributed by atoms with E-state index in [0.29, 0.717) is 12.0 Å². The van der Waals surface area contributed by atoms with E-state index < -0.39 is 11.9 Å². The van der Waals surface area contributed by atoms with Crippen LogP contribution in [0, 0.1) is 0 Å². The lowest BCUT2D eigenvalue weighted by atomic mass is 9.87. The maximum absolute atomic E-state index is 11.7. The largest absolute Gasteiger partial charge is 0.481 e. The molecule has 1 atom stereocenters. The van der Waals surface area contributed by atoms with Crippen LogP contribution >= 0.6 is 0 Å². The number of rotatable bonds is 2. The molecule has 0 spiro atoms. The van der Waals surface area contributed by atoms with Crippen LogP contribution < -0.4 is 0 Å². The standard InChI is InChI=1S/C13H14O3/c1-8(13(15)16)10-6-5-9-3-2-4-12(14)11(9)7-10/h5-8H,2-4H2,1H3,(H,15,16). The van der Waals surface area contributed by atoms with Crippen LogP contribution in [-0.2, 0) is 11.2 Å². The van der Waals surface area contributed by atoms with Crippen LogP contribution in [0.4, 0.5) is 0 Å². The van der Waals surface area contributed by atoms with Crippen molar-refractivity contribution >= 4 is 11.8 Å². The normalized spacial score (nSPS) is 16.7. The zero-order valence-corrected chi connectivity index (χ0v) is 9.19. The Morgan fingerprint density at radius 2 is 2.12 bits per heavy atom. The van der Waals surface area contributed by atoms with E-state index in [4.69, 9.17) is 5.11 Å². The summed E-state index contributed by atoms with van der Waals surface area (Å²) in [5.74, 6) is -1.27. The number of aryl methyl sites for hydroxylation is 1. The van der Waals surface area contributed by atoms with Gasteiger partial charge in [-0.25, -0.2) is 0 Å². The summed E-state index contributed by atoms with van der Waals surface area (Å²) >= 11 is 0. The summed E-state index contributed by atoms with van der Waals surface area (Å²) in [6, 6.07) is 5.45. The first-order valence-electron chi connectivity index (χ1n) is 5.48. The highest BCUT2D eigenvalue weighted by Gasteiger charge is 2.20. The molecule has 16 heavy (non-hydrogen) atoms. The smallest absolute Gasteiger partial charge is 0.310 e. The second-order valence-corrected chi connectivity index (χ2v) is 4.25. The molecular weight excluding hydrogens is 204 g/mol. The van der Waals surface area contributed by atoms with Crippen LogP contribution in [0.3, 0.4) is 0 Å². The van der Waals surface area contributed by atoms with Crippen LogP contribution in [0.5, 0.6) is 0 Å². The lowest BCUT2D eigenvalue weighted by Crippen LogP contribution is -2.13. The van der Waals surface area contributed by atoms with Gasteiger partial charge in [-0.05, 0) is 37.0 Å². The van der Waals surface area contributed by atoms with Gasteiger partial charge in [-0.15, -0.1) is 0 Å². The maximum Gasteiger partial charge on any atom is 0.310 e. The Hall–Kier alpha value is -1.64. The minimum atomic E-state index is -0.858. The van der Waals surface area contributed by atoms with Gasteiger partial charge >= 0.3 is 5.97 Å². The summed E-state index contributed by atoms with van der Waals surface area (Å²) in [5, 5.41) is 8.92. The molecular formula is C13H14O3. The molecule has 1 aliphatic carbocycles. The predicted octanol–water partition coefficient (Wildman–Crippen LogP) is 2.39. The van der Waals surface area contributed by atoms with E-state index in [1.807, 2.05) is 12.1 Å². The van der Waals surface area contributed by atoms with E-state index >= 15 is 0 Å². The van der Waals surface area contributed by atoms with E-state index in [0.717, 1.165) is 24.0 Å². The monoisotopic (exact) mass is 218 g/mol. The quantitative estimate of drug-likeness (QED) is 0.829. The Morgan fingerprint density at radius 3 is 2.81 bits per heavy atom. The molecule has 3 nitrogen and oxygen atoms in total. The molecule has 1 aromatic rings. The molecule has 0 bridgehead atoms. The Morgan fingerprint density at radius 1 is 1.38 bits per heavy atom. The Bertz CT molecular complexity index is 448. The molecule has 1 aliphatic rings. The van der Waals surface area contributed by atoms with E-state index in [1.54, 1.807) is 13.0 Å². The van der Waals surface area contributed by atoms with Crippen LogP contribution in [0.2, 0.25) is 0 Å². The summed E-state index contributed by atoms with van der Waals surface area (Å²) < 4.78 is 0. The van der Waals surface area contributed by atoms with Gasteiger partial charge in [-0.3, -0.25) is 9.59 Å². The molecule has 0 amide bonds. The lowest BCUT2D eigenvalue weighted by Gasteiger charge is -2.16. The predicted molar refractivity (Wildman–Crippen MR) is 59.8 cm³/mol. The van der Waals surface area contributed by atoms with E-state index in [-0.39, 0.29) is 5.78 Å². The van der Waals surface area contributed by atoms with Crippen molar-refractivity contribution in [3.05, 3.63) is 34.9 Å². The third-order valence-electron chi connectivity index (χ3n) is 3.15. The fourth-order valence-corrected chi connectivity index (χ4v) is 2.06. The topological polar surface area (TPSA) is 54.4 Å². The van der Waals surface area contributed by atoms with Gasteiger partial charge in [0.05, 0.1) is 5.92 Å². The van der Waals surface area contributed by atoms with Crippen molar-refractivity contribution in [2.24, 2.45) is 0 Å². The molecule has 84 valence electrons. The number of carboxylic acid groups (broad SMARTS) is 1. The summed E-state index contributed by atoms with van der Waals surface area (Å²) in [4.78, 5) is 22.5. The summed E-state index contributed by atoms with van der Waals surface area (Å²) in [7, 11) is 0. The van der Waals surface area contributed by atoms with Crippen molar-refractivity contribution in [3.8, 4) is 0 Å². The number of carboxylic acids is 1. The number of carbonyl (C=O) groups is 2. The maximum atomic E-state index is 11.7. The number of benzene rings is 1. The molecule has 0 radical (unpaired) electrons. The fourth-order valence-electron chi connectivity index (χ4n) is 2.06. The highest BCUT2D eigenvalue weighted by atomic mass is 16.4. The molecule has 2 rings (SSSR count). The molecule has 0 heterocycles. The lowest BCUT2D eigenvalue weighted by molar-refractivity contribution is -0.138. The molecule has 0 fully saturated rings. The van der Waals surface area contributed by atoms with E-state index in [9.17, 15) is 9.59 Å². The third kappa shape index (κ3) is 1.85. The van der Waals surface area contributed by atoms with Gasteiger partial charge in [0.15, 0.2) is 5.78 Å². The van der Waals surface area contributed by atoms with Gasteiger partial charge in [-0.1, -0.05) is 12.1 Å². The van der Waals surface area contributed by atoms with Crippen molar-refractivity contribution in [2.75, 3.05) is 0 Å². The minimum absolute atomic E-state index is 0.140. The molecule has 1 unspecified atom stereocenters. The summed E-state index contributed by atoms with van der Waals surface area (Å²) in [6.45, 7) is 1.64. The number of aliphatic carboxylic acids is 1. The fraction of sp³-hybridized carbons (Fsp3) is 0.385. The SMILES string of the molecule is CC(C(=O)O)c1ccc2c(c1)C(=O)CCC2. The van der Waals surface area contributed by atoms with Gasteiger partial charge in [0.1, 0.15) is 0 Å². The minimum Gasteiger partial charge on any atom is -0.481 e. The van der Waals surface area contributed by atoms with Gasteiger partial charge in [0, 0.05) is 12.0 Å². The first-order chi connectivity index (χ1) is 7.59. The Kier molecular flexibility index (Phi) is 2.77. The number of Topliss-reactive ketones (excluding diaryl/α,β-unsaturated/α-hetero) is 1. The Balaban J connectivity index is 2.41. The zero-order chi connectivity index (χ0) is 11.7. The van der Waals surface area contributed by atoms with Crippen LogP contribution in [0.1, 0.15) is 47.2 Å². The molecule has 0 saturated carbocycles. The Labute approximate surface area is 94.1 Å². The van der Waals surface area contributed by atoms with Crippen molar-refractivity contribution in [3.63, 3.8) is 0 Å². The van der Waals surface area contributed by atoms with E-state index in [1.165, 1.54) is 0 Å². The highest BCUT2D eigenvalue weighted by molar-refractivity contribution is 5.98. The number of hydrogen-bond donors (Lipinski definition) is 1. The molecule has 1 aromatic carbocycles. The zero-order valence-electron chi connectivity index (χ0n) is 9.19. The first-order valence-corrected chi connectivity index (χ1v) is 5.48. The van der Waals surface area contributed by atoms with Gasteiger partial charge in [0.2, 0.25) is 0 Å². The van der Waals surface area contributed by atoms with Gasteiger partial charge in [-0.2, -0.15) is 0 Å². The number of hydrogen-bond acceptors (Lipinski definition) is 2. The molecule has 3 heteroatoms. The van der Waals surface area contributed by atoms with E-state index in [2.05, 4.69) is 0 Å². The molecule has 0 aromatic heterocycles. The second-order valence-electron chi connectivity index (χ2n) is 4.25. The van der Waals surface area contributed by atoms with Crippen LogP contribution in [0.15, 0.2) is 18.2 Å². The number of carbonyl (C=O) groups excluding carboxylic acids is 1. The molecule has 0 saturated heterocycles.